The maximum atomic E-state index is 15.5. The zero-order chi connectivity index (χ0) is 32.3. The molecule has 0 aliphatic heterocycles. The zero-order valence-corrected chi connectivity index (χ0v) is 26.1. The third kappa shape index (κ3) is 4.57. The number of carbonyl (C=O) groups excluding carboxylic acids is 3. The normalized spacial score (nSPS) is 25.0. The molecule has 4 aromatic rings. The molecule has 5 unspecified atom stereocenters. The number of aryl methyl sites for hydroxylation is 1. The first-order valence-corrected chi connectivity index (χ1v) is 15.4. The molecule has 0 spiro atoms. The number of nitrogens with zero attached hydrogens (tertiary/aromatic N) is 3. The van der Waals surface area contributed by atoms with Crippen molar-refractivity contribution >= 4 is 17.3 Å². The zero-order valence-electron chi connectivity index (χ0n) is 26.1. The third-order valence-corrected chi connectivity index (χ3v) is 9.97. The van der Waals surface area contributed by atoms with E-state index in [2.05, 4.69) is 10.1 Å². The lowest BCUT2D eigenvalue weighted by Gasteiger charge is -2.52. The number of ether oxygens (including phenoxy) is 2. The Morgan fingerprint density at radius 2 is 1.59 bits per heavy atom. The standard InChI is InChI=1S/C36H34FN3O6/c1-19-30(44-17-20-11-7-5-8-12-20)26-23(34(37)38-19)15-22-16-24-28(40(3)4)31-27(33(43)36(24,2)32(42)25(22)29(26)41)35(39-46-31)45-18-21-13-9-6-10-14-21/h5-14,22,24-25,28H,15-18H2,1-4H3. The van der Waals surface area contributed by atoms with Crippen molar-refractivity contribution in [3.63, 3.8) is 0 Å². The van der Waals surface area contributed by atoms with Crippen LogP contribution in [0.4, 0.5) is 4.39 Å². The fourth-order valence-electron chi connectivity index (χ4n) is 7.69. The van der Waals surface area contributed by atoms with E-state index in [1.807, 2.05) is 79.7 Å². The lowest BCUT2D eigenvalue weighted by molar-refractivity contribution is -0.140. The van der Waals surface area contributed by atoms with Gasteiger partial charge in [-0.3, -0.25) is 19.3 Å². The molecule has 0 saturated heterocycles. The molecule has 0 amide bonds. The topological polar surface area (TPSA) is 112 Å². The van der Waals surface area contributed by atoms with Gasteiger partial charge < -0.3 is 14.0 Å². The van der Waals surface area contributed by atoms with E-state index in [1.54, 1.807) is 13.8 Å². The van der Waals surface area contributed by atoms with E-state index in [0.717, 1.165) is 11.1 Å². The number of ketones is 3. The van der Waals surface area contributed by atoms with Crippen LogP contribution in [0.3, 0.4) is 0 Å². The van der Waals surface area contributed by atoms with Crippen molar-refractivity contribution in [1.82, 2.24) is 15.0 Å². The van der Waals surface area contributed by atoms with Crippen molar-refractivity contribution in [2.45, 2.75) is 45.9 Å². The molecule has 0 radical (unpaired) electrons. The number of aromatic nitrogens is 2. The van der Waals surface area contributed by atoms with Gasteiger partial charge in [0.1, 0.15) is 18.8 Å². The first-order valence-electron chi connectivity index (χ1n) is 15.4. The minimum Gasteiger partial charge on any atom is -0.486 e. The van der Waals surface area contributed by atoms with Gasteiger partial charge in [-0.2, -0.15) is 4.39 Å². The fourth-order valence-corrected chi connectivity index (χ4v) is 7.69. The summed E-state index contributed by atoms with van der Waals surface area (Å²) in [6.45, 7) is 3.50. The van der Waals surface area contributed by atoms with E-state index in [-0.39, 0.29) is 53.6 Å². The average molecular weight is 624 g/mol. The van der Waals surface area contributed by atoms with E-state index in [4.69, 9.17) is 14.0 Å². The minimum absolute atomic E-state index is 0.0194. The Labute approximate surface area is 265 Å². The van der Waals surface area contributed by atoms with Crippen LogP contribution in [0, 0.1) is 36.0 Å². The summed E-state index contributed by atoms with van der Waals surface area (Å²) in [5.74, 6) is -3.93. The van der Waals surface area contributed by atoms with Crippen LogP contribution in [-0.4, -0.2) is 46.5 Å². The summed E-state index contributed by atoms with van der Waals surface area (Å²) in [7, 11) is 3.69. The second-order valence-corrected chi connectivity index (χ2v) is 12.9. The summed E-state index contributed by atoms with van der Waals surface area (Å²) in [6.07, 6.45) is 0.439. The number of carbonyl (C=O) groups is 3. The number of halogens is 1. The van der Waals surface area contributed by atoms with Crippen molar-refractivity contribution in [2.24, 2.45) is 23.2 Å². The van der Waals surface area contributed by atoms with Gasteiger partial charge in [-0.15, -0.1) is 0 Å². The second-order valence-electron chi connectivity index (χ2n) is 12.9. The fraction of sp³-hybridized carbons (Fsp3) is 0.361. The Bertz CT molecular complexity index is 1860. The molecule has 236 valence electrons. The van der Waals surface area contributed by atoms with Crippen LogP contribution < -0.4 is 9.47 Å². The highest BCUT2D eigenvalue weighted by Crippen LogP contribution is 2.59. The van der Waals surface area contributed by atoms with Crippen LogP contribution in [0.2, 0.25) is 0 Å². The van der Waals surface area contributed by atoms with Gasteiger partial charge in [-0.05, 0) is 63.0 Å². The Kier molecular flexibility index (Phi) is 7.35. The average Bonchev–Trinajstić information content (AvgIpc) is 3.46. The molecule has 10 heteroatoms. The molecule has 3 aliphatic rings. The van der Waals surface area contributed by atoms with Gasteiger partial charge in [-0.25, -0.2) is 4.98 Å². The molecule has 2 heterocycles. The minimum atomic E-state index is -1.57. The Balaban J connectivity index is 1.27. The largest absolute Gasteiger partial charge is 0.486 e. The molecular formula is C36H34FN3O6. The molecule has 1 saturated carbocycles. The van der Waals surface area contributed by atoms with Crippen molar-refractivity contribution < 1.29 is 32.8 Å². The highest BCUT2D eigenvalue weighted by atomic mass is 19.1. The lowest BCUT2D eigenvalue weighted by atomic mass is 9.50. The number of hydrogen-bond donors (Lipinski definition) is 0. The molecule has 5 atom stereocenters. The predicted molar refractivity (Wildman–Crippen MR) is 164 cm³/mol. The number of pyridine rings is 1. The quantitative estimate of drug-likeness (QED) is 0.188. The van der Waals surface area contributed by atoms with Crippen molar-refractivity contribution in [3.05, 3.63) is 106 Å². The molecule has 7 rings (SSSR count). The summed E-state index contributed by atoms with van der Waals surface area (Å²) in [5.41, 5.74) is 0.713. The first-order chi connectivity index (χ1) is 22.1. The van der Waals surface area contributed by atoms with E-state index in [0.29, 0.717) is 12.2 Å². The Morgan fingerprint density at radius 3 is 2.22 bits per heavy atom. The molecule has 2 aromatic carbocycles. The van der Waals surface area contributed by atoms with Crippen molar-refractivity contribution in [2.75, 3.05) is 14.1 Å². The van der Waals surface area contributed by atoms with E-state index < -0.39 is 52.5 Å². The number of Topliss-reactive ketones (excluding diaryl/α,β-unsaturated/α-hetero) is 3. The van der Waals surface area contributed by atoms with E-state index in [1.165, 1.54) is 0 Å². The Morgan fingerprint density at radius 1 is 0.957 bits per heavy atom. The SMILES string of the molecule is Cc1nc(F)c2c(c1OCc1ccccc1)C(=O)C1C(=O)C3(C)C(=O)c4c(OCc5ccccc5)noc4C(N(C)C)C3CC1C2. The highest BCUT2D eigenvalue weighted by molar-refractivity contribution is 6.24. The molecule has 0 N–H and O–H groups in total. The predicted octanol–water partition coefficient (Wildman–Crippen LogP) is 5.74. The number of rotatable bonds is 7. The molecular weight excluding hydrogens is 589 g/mol. The number of hydrogen-bond acceptors (Lipinski definition) is 9. The molecule has 1 fully saturated rings. The van der Waals surface area contributed by atoms with Crippen molar-refractivity contribution in [3.8, 4) is 11.6 Å². The van der Waals surface area contributed by atoms with Gasteiger partial charge in [-0.1, -0.05) is 60.7 Å². The van der Waals surface area contributed by atoms with Crippen LogP contribution in [0.1, 0.15) is 68.2 Å². The van der Waals surface area contributed by atoms with Gasteiger partial charge >= 0.3 is 0 Å². The third-order valence-electron chi connectivity index (χ3n) is 9.97. The van der Waals surface area contributed by atoms with Crippen LogP contribution in [0.25, 0.3) is 0 Å². The van der Waals surface area contributed by atoms with Crippen LogP contribution in [0.15, 0.2) is 65.2 Å². The molecule has 9 nitrogen and oxygen atoms in total. The molecule has 2 aromatic heterocycles. The van der Waals surface area contributed by atoms with Crippen molar-refractivity contribution in [1.29, 1.82) is 0 Å². The molecule has 3 aliphatic carbocycles. The maximum Gasteiger partial charge on any atom is 0.265 e. The summed E-state index contributed by atoms with van der Waals surface area (Å²) in [6, 6.07) is 18.3. The highest BCUT2D eigenvalue weighted by Gasteiger charge is 2.65. The summed E-state index contributed by atoms with van der Waals surface area (Å²) >= 11 is 0. The van der Waals surface area contributed by atoms with Gasteiger partial charge in [0.2, 0.25) is 5.95 Å². The summed E-state index contributed by atoms with van der Waals surface area (Å²) < 4.78 is 33.3. The lowest BCUT2D eigenvalue weighted by Crippen LogP contribution is -2.60. The van der Waals surface area contributed by atoms with E-state index >= 15 is 4.39 Å². The second kappa shape index (κ2) is 11.3. The number of fused-ring (bicyclic) bond motifs is 4. The Hall–Kier alpha value is -4.70. The monoisotopic (exact) mass is 623 g/mol. The van der Waals surface area contributed by atoms with Gasteiger partial charge in [0.15, 0.2) is 28.9 Å². The van der Waals surface area contributed by atoms with Crippen LogP contribution >= 0.6 is 0 Å². The first kappa shape index (κ1) is 30.0. The number of benzene rings is 2. The van der Waals surface area contributed by atoms with Crippen LogP contribution in [-0.2, 0) is 24.4 Å². The summed E-state index contributed by atoms with van der Waals surface area (Å²) in [4.78, 5) is 49.5. The van der Waals surface area contributed by atoms with Crippen LogP contribution in [0.5, 0.6) is 11.6 Å². The molecule has 46 heavy (non-hydrogen) atoms. The summed E-state index contributed by atoms with van der Waals surface area (Å²) in [5, 5.41) is 4.13. The van der Waals surface area contributed by atoms with Gasteiger partial charge in [0.05, 0.1) is 28.6 Å². The van der Waals surface area contributed by atoms with E-state index in [9.17, 15) is 14.4 Å². The van der Waals surface area contributed by atoms with Gasteiger partial charge in [0.25, 0.3) is 5.88 Å². The van der Waals surface area contributed by atoms with Gasteiger partial charge in [0, 0.05) is 11.5 Å². The molecule has 0 bridgehead atoms. The smallest absolute Gasteiger partial charge is 0.265 e. The maximum absolute atomic E-state index is 15.5.